The molecule has 1 atom stereocenters. The third-order valence-electron chi connectivity index (χ3n) is 5.90. The molecule has 1 unspecified atom stereocenters. The van der Waals surface area contributed by atoms with E-state index in [1.165, 1.54) is 16.2 Å². The molecular weight excluding hydrogens is 464 g/mol. The first-order valence-corrected chi connectivity index (χ1v) is 12.4. The largest absolute Gasteiger partial charge is 0.480 e. The molecule has 0 bridgehead atoms. The lowest BCUT2D eigenvalue weighted by atomic mass is 9.98. The number of nitrogens with zero attached hydrogens (tertiary/aromatic N) is 1. The Balaban J connectivity index is 1.50. The lowest BCUT2D eigenvalue weighted by molar-refractivity contribution is -0.145. The number of nitrogens with one attached hydrogen (secondary N) is 1. The van der Waals surface area contributed by atoms with Gasteiger partial charge in [0.1, 0.15) is 19.2 Å². The fraction of sp³-hybridized carbons (Fsp3) is 0.296. The lowest BCUT2D eigenvalue weighted by Crippen LogP contribution is -2.46. The number of ether oxygens (including phenoxy) is 1. The fourth-order valence-electron chi connectivity index (χ4n) is 4.49. The Kier molecular flexibility index (Phi) is 7.51. The quantitative estimate of drug-likeness (QED) is 0.443. The minimum absolute atomic E-state index is 0.0664. The maximum Gasteiger partial charge on any atom is 0.408 e. The molecule has 1 aromatic heterocycles. The summed E-state index contributed by atoms with van der Waals surface area (Å²) in [6, 6.07) is 18.6. The highest BCUT2D eigenvalue weighted by atomic mass is 32.1. The standard InChI is InChI=1S/C27H28N2O5S/c1-17(2)14-29(15-24(30)31)26(32)25(23-12-7-13-35-23)28-27(33)34-16-22-20-10-5-3-8-18(20)19-9-4-6-11-21(19)22/h3-13,17,22,25H,14-16H2,1-2H3,(H,28,33)(H,30,31). The van der Waals surface area contributed by atoms with E-state index in [0.29, 0.717) is 4.88 Å². The SMILES string of the molecule is CC(C)CN(CC(=O)O)C(=O)C(NC(=O)OCC1c2ccccc2-c2ccccc21)c1cccs1. The van der Waals surface area contributed by atoms with Gasteiger partial charge in [-0.25, -0.2) is 4.79 Å². The lowest BCUT2D eigenvalue weighted by Gasteiger charge is -2.27. The van der Waals surface area contributed by atoms with Crippen LogP contribution in [0.25, 0.3) is 11.1 Å². The molecule has 8 heteroatoms. The van der Waals surface area contributed by atoms with Crippen molar-refractivity contribution in [3.8, 4) is 11.1 Å². The van der Waals surface area contributed by atoms with Crippen LogP contribution in [-0.4, -0.2) is 47.7 Å². The first kappa shape index (κ1) is 24.5. The number of carboxylic acids is 1. The third-order valence-corrected chi connectivity index (χ3v) is 6.84. The summed E-state index contributed by atoms with van der Waals surface area (Å²) >= 11 is 1.32. The van der Waals surface area contributed by atoms with Crippen LogP contribution in [0.1, 0.15) is 41.8 Å². The molecule has 0 fully saturated rings. The number of aliphatic carboxylic acids is 1. The summed E-state index contributed by atoms with van der Waals surface area (Å²) in [6.07, 6.45) is -0.724. The molecular formula is C27H28N2O5S. The second-order valence-electron chi connectivity index (χ2n) is 8.92. The number of carbonyl (C=O) groups excluding carboxylic acids is 2. The predicted octanol–water partition coefficient (Wildman–Crippen LogP) is 4.90. The van der Waals surface area contributed by atoms with Gasteiger partial charge in [-0.3, -0.25) is 9.59 Å². The second-order valence-corrected chi connectivity index (χ2v) is 9.90. The van der Waals surface area contributed by atoms with Crippen molar-refractivity contribution in [3.63, 3.8) is 0 Å². The van der Waals surface area contributed by atoms with Crippen LogP contribution in [0.15, 0.2) is 66.0 Å². The number of fused-ring (bicyclic) bond motifs is 3. The normalized spacial score (nSPS) is 13.1. The van der Waals surface area contributed by atoms with E-state index in [-0.39, 0.29) is 25.0 Å². The van der Waals surface area contributed by atoms with Gasteiger partial charge >= 0.3 is 12.1 Å². The van der Waals surface area contributed by atoms with Gasteiger partial charge in [0.2, 0.25) is 0 Å². The van der Waals surface area contributed by atoms with Gasteiger partial charge in [-0.1, -0.05) is 68.4 Å². The Hall–Kier alpha value is -3.65. The molecule has 2 amide bonds. The van der Waals surface area contributed by atoms with E-state index in [4.69, 9.17) is 4.74 Å². The molecule has 1 heterocycles. The van der Waals surface area contributed by atoms with E-state index < -0.39 is 30.6 Å². The Morgan fingerprint density at radius 1 is 1.00 bits per heavy atom. The number of carbonyl (C=O) groups is 3. The molecule has 4 rings (SSSR count). The van der Waals surface area contributed by atoms with Crippen molar-refractivity contribution in [2.45, 2.75) is 25.8 Å². The minimum Gasteiger partial charge on any atom is -0.480 e. The zero-order valence-electron chi connectivity index (χ0n) is 19.6. The number of alkyl carbamates (subject to hydrolysis) is 1. The van der Waals surface area contributed by atoms with Gasteiger partial charge in [0.25, 0.3) is 5.91 Å². The smallest absolute Gasteiger partial charge is 0.408 e. The molecule has 2 N–H and O–H groups in total. The topological polar surface area (TPSA) is 95.9 Å². The Bertz CT molecular complexity index is 1160. The van der Waals surface area contributed by atoms with E-state index in [0.717, 1.165) is 22.3 Å². The first-order chi connectivity index (χ1) is 16.8. The molecule has 0 saturated carbocycles. The van der Waals surface area contributed by atoms with Crippen LogP contribution in [0.5, 0.6) is 0 Å². The molecule has 0 aliphatic heterocycles. The van der Waals surface area contributed by atoms with Crippen molar-refractivity contribution < 1.29 is 24.2 Å². The van der Waals surface area contributed by atoms with E-state index in [9.17, 15) is 19.5 Å². The molecule has 0 saturated heterocycles. The molecule has 35 heavy (non-hydrogen) atoms. The summed E-state index contributed by atoms with van der Waals surface area (Å²) in [5.74, 6) is -1.62. The van der Waals surface area contributed by atoms with Gasteiger partial charge in [0.05, 0.1) is 0 Å². The van der Waals surface area contributed by atoms with Crippen LogP contribution < -0.4 is 5.32 Å². The zero-order valence-corrected chi connectivity index (χ0v) is 20.5. The number of hydrogen-bond donors (Lipinski definition) is 2. The van der Waals surface area contributed by atoms with Gasteiger partial charge in [-0.2, -0.15) is 0 Å². The molecule has 1 aliphatic carbocycles. The minimum atomic E-state index is -1.11. The molecule has 7 nitrogen and oxygen atoms in total. The van der Waals surface area contributed by atoms with Crippen molar-refractivity contribution in [1.29, 1.82) is 0 Å². The van der Waals surface area contributed by atoms with Crippen molar-refractivity contribution in [2.24, 2.45) is 5.92 Å². The fourth-order valence-corrected chi connectivity index (χ4v) is 5.25. The van der Waals surface area contributed by atoms with Gasteiger partial charge in [0.15, 0.2) is 0 Å². The van der Waals surface area contributed by atoms with Gasteiger partial charge < -0.3 is 20.1 Å². The number of amides is 2. The Labute approximate surface area is 208 Å². The molecule has 3 aromatic rings. The third kappa shape index (κ3) is 5.54. The Morgan fingerprint density at radius 2 is 1.63 bits per heavy atom. The van der Waals surface area contributed by atoms with Crippen molar-refractivity contribution >= 4 is 29.3 Å². The monoisotopic (exact) mass is 492 g/mol. The molecule has 0 radical (unpaired) electrons. The second kappa shape index (κ2) is 10.7. The number of carboxylic acid groups (broad SMARTS) is 1. The van der Waals surface area contributed by atoms with Crippen LogP contribution in [-0.2, 0) is 14.3 Å². The van der Waals surface area contributed by atoms with Crippen molar-refractivity contribution in [2.75, 3.05) is 19.7 Å². The van der Waals surface area contributed by atoms with Crippen molar-refractivity contribution in [3.05, 3.63) is 82.0 Å². The highest BCUT2D eigenvalue weighted by Crippen LogP contribution is 2.44. The van der Waals surface area contributed by atoms with Gasteiger partial charge in [-0.05, 0) is 39.6 Å². The van der Waals surface area contributed by atoms with Gasteiger partial charge in [-0.15, -0.1) is 11.3 Å². The summed E-state index contributed by atoms with van der Waals surface area (Å²) in [4.78, 5) is 39.5. The van der Waals surface area contributed by atoms with E-state index in [2.05, 4.69) is 17.4 Å². The summed E-state index contributed by atoms with van der Waals surface area (Å²) in [6.45, 7) is 3.75. The number of rotatable bonds is 9. The highest BCUT2D eigenvalue weighted by Gasteiger charge is 2.32. The maximum atomic E-state index is 13.3. The summed E-state index contributed by atoms with van der Waals surface area (Å²) in [7, 11) is 0. The molecule has 0 spiro atoms. The van der Waals surface area contributed by atoms with E-state index >= 15 is 0 Å². The average Bonchev–Trinajstić information content (AvgIpc) is 3.46. The van der Waals surface area contributed by atoms with E-state index in [1.54, 1.807) is 17.5 Å². The summed E-state index contributed by atoms with van der Waals surface area (Å²) < 4.78 is 5.63. The Morgan fingerprint density at radius 3 is 2.17 bits per heavy atom. The van der Waals surface area contributed by atoms with Crippen LogP contribution in [0.3, 0.4) is 0 Å². The first-order valence-electron chi connectivity index (χ1n) is 11.5. The number of hydrogen-bond acceptors (Lipinski definition) is 5. The average molecular weight is 493 g/mol. The van der Waals surface area contributed by atoms with Crippen LogP contribution in [0.4, 0.5) is 4.79 Å². The molecule has 2 aromatic carbocycles. The zero-order chi connectivity index (χ0) is 24.9. The van der Waals surface area contributed by atoms with Crippen LogP contribution >= 0.6 is 11.3 Å². The van der Waals surface area contributed by atoms with Crippen LogP contribution in [0.2, 0.25) is 0 Å². The van der Waals surface area contributed by atoms with Crippen LogP contribution in [0, 0.1) is 5.92 Å². The summed E-state index contributed by atoms with van der Waals surface area (Å²) in [5, 5.41) is 13.8. The molecule has 1 aliphatic rings. The number of thiophene rings is 1. The predicted molar refractivity (Wildman–Crippen MR) is 134 cm³/mol. The molecule has 182 valence electrons. The van der Waals surface area contributed by atoms with Crippen molar-refractivity contribution in [1.82, 2.24) is 10.2 Å². The summed E-state index contributed by atoms with van der Waals surface area (Å²) in [5.41, 5.74) is 4.44. The number of benzene rings is 2. The maximum absolute atomic E-state index is 13.3. The highest BCUT2D eigenvalue weighted by molar-refractivity contribution is 7.10. The van der Waals surface area contributed by atoms with Gasteiger partial charge in [0, 0.05) is 17.3 Å². The van der Waals surface area contributed by atoms with E-state index in [1.807, 2.05) is 50.2 Å².